The molecule has 86 valence electrons. The van der Waals surface area contributed by atoms with Crippen LogP contribution in [-0.4, -0.2) is 22.9 Å². The van der Waals surface area contributed by atoms with Crippen LogP contribution in [0, 0.1) is 0 Å². The molecule has 0 heterocycles. The number of rotatable bonds is 4. The van der Waals surface area contributed by atoms with Gasteiger partial charge in [0.1, 0.15) is 0 Å². The van der Waals surface area contributed by atoms with Crippen LogP contribution in [0.4, 0.5) is 10.5 Å². The smallest absolute Gasteiger partial charge is 0.404 e. The molecule has 5 nitrogen and oxygen atoms in total. The van der Waals surface area contributed by atoms with Crippen molar-refractivity contribution >= 4 is 29.1 Å². The van der Waals surface area contributed by atoms with Gasteiger partial charge in [-0.15, -0.1) is 0 Å². The number of hydrogen-bond acceptors (Lipinski definition) is 2. The lowest BCUT2D eigenvalue weighted by molar-refractivity contribution is 0.194. The normalized spacial score (nSPS) is 9.50. The van der Waals surface area contributed by atoms with E-state index in [0.717, 1.165) is 11.3 Å². The van der Waals surface area contributed by atoms with Gasteiger partial charge in [-0.25, -0.2) is 4.79 Å². The van der Waals surface area contributed by atoms with Crippen LogP contribution in [-0.2, 0) is 6.42 Å². The van der Waals surface area contributed by atoms with Crippen LogP contribution in [0.5, 0.6) is 0 Å². The van der Waals surface area contributed by atoms with Gasteiger partial charge in [-0.3, -0.25) is 0 Å². The molecule has 0 atom stereocenters. The van der Waals surface area contributed by atoms with Crippen LogP contribution >= 0.6 is 12.2 Å². The fourth-order valence-corrected chi connectivity index (χ4v) is 1.41. The van der Waals surface area contributed by atoms with Gasteiger partial charge in [0.25, 0.3) is 0 Å². The monoisotopic (exact) mass is 239 g/mol. The molecule has 1 rings (SSSR count). The highest BCUT2D eigenvalue weighted by Gasteiger charge is 2.02. The maximum atomic E-state index is 10.3. The Hall–Kier alpha value is -1.82. The van der Waals surface area contributed by atoms with E-state index in [0.29, 0.717) is 13.0 Å². The van der Waals surface area contributed by atoms with E-state index in [-0.39, 0.29) is 5.11 Å². The minimum absolute atomic E-state index is 0.193. The molecule has 0 aliphatic rings. The van der Waals surface area contributed by atoms with Crippen molar-refractivity contribution in [3.8, 4) is 0 Å². The molecule has 0 bridgehead atoms. The Balaban J connectivity index is 2.63. The van der Waals surface area contributed by atoms with Gasteiger partial charge in [0.05, 0.1) is 0 Å². The third kappa shape index (κ3) is 4.14. The quantitative estimate of drug-likeness (QED) is 0.592. The summed E-state index contributed by atoms with van der Waals surface area (Å²) in [6.45, 7) is 0.353. The fourth-order valence-electron chi connectivity index (χ4n) is 1.30. The zero-order valence-corrected chi connectivity index (χ0v) is 9.38. The molecule has 0 fully saturated rings. The molecule has 0 aliphatic carbocycles. The number of para-hydroxylation sites is 1. The van der Waals surface area contributed by atoms with Crippen molar-refractivity contribution in [2.45, 2.75) is 6.42 Å². The number of amides is 1. The van der Waals surface area contributed by atoms with Gasteiger partial charge < -0.3 is 21.5 Å². The third-order valence-corrected chi connectivity index (χ3v) is 2.05. The fraction of sp³-hybridized carbons (Fsp3) is 0.200. The van der Waals surface area contributed by atoms with Crippen molar-refractivity contribution < 1.29 is 9.90 Å². The van der Waals surface area contributed by atoms with Crippen molar-refractivity contribution in [3.05, 3.63) is 29.8 Å². The van der Waals surface area contributed by atoms with Crippen molar-refractivity contribution in [3.63, 3.8) is 0 Å². The predicted molar refractivity (Wildman–Crippen MR) is 66.6 cm³/mol. The summed E-state index contributed by atoms with van der Waals surface area (Å²) in [6.07, 6.45) is -0.447. The number of benzene rings is 1. The first-order chi connectivity index (χ1) is 7.59. The lowest BCUT2D eigenvalue weighted by Crippen LogP contribution is -2.24. The van der Waals surface area contributed by atoms with Crippen LogP contribution in [0.3, 0.4) is 0 Å². The molecule has 1 aromatic carbocycles. The van der Waals surface area contributed by atoms with E-state index in [4.69, 9.17) is 23.1 Å². The number of carbonyl (C=O) groups is 1. The van der Waals surface area contributed by atoms with Gasteiger partial charge >= 0.3 is 6.09 Å². The van der Waals surface area contributed by atoms with Crippen molar-refractivity contribution in [2.24, 2.45) is 5.73 Å². The standard InChI is InChI=1S/C10H13N3O2S/c11-9(16)13-8-4-2-1-3-7(8)5-6-12-10(14)15/h1-4,12H,5-6H2,(H,14,15)(H3,11,13,16). The van der Waals surface area contributed by atoms with Crippen LogP contribution < -0.4 is 16.4 Å². The van der Waals surface area contributed by atoms with Gasteiger partial charge in [-0.05, 0) is 30.3 Å². The van der Waals surface area contributed by atoms with Gasteiger partial charge in [-0.1, -0.05) is 18.2 Å². The SMILES string of the molecule is NC(=S)Nc1ccccc1CCNC(=O)O. The number of anilines is 1. The summed E-state index contributed by atoms with van der Waals surface area (Å²) in [4.78, 5) is 10.3. The van der Waals surface area contributed by atoms with E-state index in [1.807, 2.05) is 24.3 Å². The summed E-state index contributed by atoms with van der Waals surface area (Å²) >= 11 is 4.75. The average Bonchev–Trinajstić information content (AvgIpc) is 2.19. The highest BCUT2D eigenvalue weighted by atomic mass is 32.1. The van der Waals surface area contributed by atoms with Gasteiger partial charge in [0.15, 0.2) is 5.11 Å². The molecule has 0 aromatic heterocycles. The summed E-state index contributed by atoms with van der Waals surface area (Å²) in [5, 5.41) is 13.8. The second-order valence-corrected chi connectivity index (χ2v) is 3.57. The second kappa shape index (κ2) is 5.92. The second-order valence-electron chi connectivity index (χ2n) is 3.13. The Morgan fingerprint density at radius 3 is 2.75 bits per heavy atom. The van der Waals surface area contributed by atoms with Gasteiger partial charge in [0, 0.05) is 12.2 Å². The molecular formula is C10H13N3O2S. The highest BCUT2D eigenvalue weighted by Crippen LogP contribution is 2.14. The molecule has 0 radical (unpaired) electrons. The first-order valence-corrected chi connectivity index (χ1v) is 5.11. The van der Waals surface area contributed by atoms with E-state index in [1.165, 1.54) is 0 Å². The minimum atomic E-state index is -1.03. The lowest BCUT2D eigenvalue weighted by atomic mass is 10.1. The number of thiocarbonyl (C=S) groups is 1. The molecule has 0 spiro atoms. The molecule has 6 heteroatoms. The lowest BCUT2D eigenvalue weighted by Gasteiger charge is -2.10. The Bertz CT molecular complexity index is 395. The van der Waals surface area contributed by atoms with Gasteiger partial charge in [-0.2, -0.15) is 0 Å². The number of carboxylic acid groups (broad SMARTS) is 1. The van der Waals surface area contributed by atoms with E-state index < -0.39 is 6.09 Å². The summed E-state index contributed by atoms with van der Waals surface area (Å²) < 4.78 is 0. The van der Waals surface area contributed by atoms with Crippen molar-refractivity contribution in [1.82, 2.24) is 5.32 Å². The first kappa shape index (κ1) is 12.3. The van der Waals surface area contributed by atoms with Crippen molar-refractivity contribution in [2.75, 3.05) is 11.9 Å². The van der Waals surface area contributed by atoms with Crippen LogP contribution in [0.25, 0.3) is 0 Å². The Morgan fingerprint density at radius 1 is 1.44 bits per heavy atom. The zero-order chi connectivity index (χ0) is 12.0. The number of nitrogens with two attached hydrogens (primary N) is 1. The van der Waals surface area contributed by atoms with E-state index >= 15 is 0 Å². The third-order valence-electron chi connectivity index (χ3n) is 1.95. The zero-order valence-electron chi connectivity index (χ0n) is 8.56. The molecule has 0 saturated carbocycles. The summed E-state index contributed by atoms with van der Waals surface area (Å²) in [5.74, 6) is 0. The van der Waals surface area contributed by atoms with Crippen LogP contribution in [0.1, 0.15) is 5.56 Å². The minimum Gasteiger partial charge on any atom is -0.465 e. The maximum absolute atomic E-state index is 10.3. The van der Waals surface area contributed by atoms with Gasteiger partial charge in [0.2, 0.25) is 0 Å². The Kier molecular flexibility index (Phi) is 4.53. The molecule has 0 aliphatic heterocycles. The molecule has 0 unspecified atom stereocenters. The largest absolute Gasteiger partial charge is 0.465 e. The molecular weight excluding hydrogens is 226 g/mol. The van der Waals surface area contributed by atoms with E-state index in [9.17, 15) is 4.79 Å². The van der Waals surface area contributed by atoms with E-state index in [1.54, 1.807) is 0 Å². The maximum Gasteiger partial charge on any atom is 0.404 e. The molecule has 1 aromatic rings. The molecule has 5 N–H and O–H groups in total. The number of nitrogens with one attached hydrogen (secondary N) is 2. The predicted octanol–water partition coefficient (Wildman–Crippen LogP) is 1.15. The summed E-state index contributed by atoms with van der Waals surface area (Å²) in [6, 6.07) is 7.47. The Morgan fingerprint density at radius 2 is 2.12 bits per heavy atom. The molecule has 16 heavy (non-hydrogen) atoms. The van der Waals surface area contributed by atoms with E-state index in [2.05, 4.69) is 10.6 Å². The summed E-state index contributed by atoms with van der Waals surface area (Å²) in [7, 11) is 0. The van der Waals surface area contributed by atoms with Crippen molar-refractivity contribution in [1.29, 1.82) is 0 Å². The first-order valence-electron chi connectivity index (χ1n) is 4.70. The molecule has 0 saturated heterocycles. The molecule has 1 amide bonds. The summed E-state index contributed by atoms with van der Waals surface area (Å²) in [5.41, 5.74) is 7.15. The number of hydrogen-bond donors (Lipinski definition) is 4. The Labute approximate surface area is 98.6 Å². The highest BCUT2D eigenvalue weighted by molar-refractivity contribution is 7.80. The van der Waals surface area contributed by atoms with Crippen LogP contribution in [0.2, 0.25) is 0 Å². The topological polar surface area (TPSA) is 87.4 Å². The van der Waals surface area contributed by atoms with Crippen LogP contribution in [0.15, 0.2) is 24.3 Å². The average molecular weight is 239 g/mol.